The first-order valence-corrected chi connectivity index (χ1v) is 23.4. The van der Waals surface area contributed by atoms with Gasteiger partial charge in [-0.3, -0.25) is 0 Å². The molecule has 3 spiro atoms. The lowest BCUT2D eigenvalue weighted by atomic mass is 9.73. The predicted molar refractivity (Wildman–Crippen MR) is 222 cm³/mol. The second-order valence-electron chi connectivity index (χ2n) is 21.0. The van der Waals surface area contributed by atoms with E-state index < -0.39 is 126 Å². The maximum absolute atomic E-state index is 15.0. The van der Waals surface area contributed by atoms with Crippen LogP contribution in [0.5, 0.6) is 0 Å². The number of carbonyl (C=O) groups excluding carboxylic acids is 3. The fraction of sp³-hybridized carbons (Fsp3) is 0.889. The summed E-state index contributed by atoms with van der Waals surface area (Å²) in [6.45, 7) is 15.3. The standard InChI is InChI=1S/C45H73BNO15/c1-24(2)36(47)39(50)54-27(5)30-16-12-11-13-17-32(48)42(7,8)34-21-19-26(4)45(57-34)38-41(52)56-31-23-29(53-28(31)6)15-14-18-33(49)43(9,10)35-22-20-25(3)44(58-35)37(40(51)55-30)59-46(60-38,61-44)62-45/h11-12,24-38,48-49H,13-23,47H2,1-10H3/q-1/p+1/b12-11+/t25-,26-,27-,28-,29-,30+,31+,32+,33-,34+,35+,36-,37-,38?,44-,45+,46?/m1/s1. The Kier molecular flexibility index (Phi) is 13.8. The first-order valence-electron chi connectivity index (χ1n) is 23.4. The molecular weight excluding hydrogens is 805 g/mol. The van der Waals surface area contributed by atoms with Crippen molar-refractivity contribution in [1.82, 2.24) is 0 Å². The number of carbonyl (C=O) groups is 3. The summed E-state index contributed by atoms with van der Waals surface area (Å²) < 4.78 is 66.1. The SMILES string of the molecule is CC(C)[C@@H]([NH3+])C(=O)O[C@H](C)[C@@H]1C/C=C/CC[C@H](O)C(C)(C)[C@@H]2CC[C@@H](C)[C@]3(O2)O[B-]24OC3C(=O)O[C@H]3C[C@@H](CCC[C@@H](O)C(C)(C)[C@@H]5CC[C@@H](C)[C@@](O5)(O2)[C@H](O4)C(=O)O1)O[C@@H]3C. The smallest absolute Gasteiger partial charge is 0.504 e. The van der Waals surface area contributed by atoms with Crippen LogP contribution in [0.3, 0.4) is 0 Å². The summed E-state index contributed by atoms with van der Waals surface area (Å²) >= 11 is 0. The molecule has 16 nitrogen and oxygen atoms in total. The lowest BCUT2D eigenvalue weighted by Gasteiger charge is -2.52. The number of aliphatic hydroxyl groups excluding tert-OH is 2. The van der Waals surface area contributed by atoms with E-state index in [9.17, 15) is 19.8 Å². The molecule has 0 aromatic heterocycles. The van der Waals surface area contributed by atoms with Gasteiger partial charge in [-0.25, -0.2) is 14.4 Å². The van der Waals surface area contributed by atoms with Gasteiger partial charge in [0.05, 0.1) is 36.6 Å². The summed E-state index contributed by atoms with van der Waals surface area (Å²) in [5.41, 5.74) is 2.31. The number of fused-ring (bicyclic) bond motifs is 6. The van der Waals surface area contributed by atoms with E-state index in [0.717, 1.165) is 0 Å². The Balaban J connectivity index is 1.36. The second kappa shape index (κ2) is 17.9. The molecule has 17 heteroatoms. The van der Waals surface area contributed by atoms with Crippen LogP contribution in [0.25, 0.3) is 0 Å². The average Bonchev–Trinajstić information content (AvgIpc) is 3.84. The molecule has 0 radical (unpaired) electrons. The number of hydrogen-bond donors (Lipinski definition) is 3. The number of rotatable bonds is 4. The Morgan fingerprint density at radius 3 is 1.90 bits per heavy atom. The van der Waals surface area contributed by atoms with Crippen molar-refractivity contribution in [1.29, 1.82) is 0 Å². The zero-order valence-electron chi connectivity index (χ0n) is 38.6. The zero-order chi connectivity index (χ0) is 45.2. The Hall–Kier alpha value is -2.19. The second-order valence-corrected chi connectivity index (χ2v) is 21.0. The Morgan fingerprint density at radius 1 is 0.790 bits per heavy atom. The molecule has 0 amide bonds. The molecule has 7 heterocycles. The molecular formula is C45H74BNO15. The average molecular weight is 880 g/mol. The first kappa shape index (κ1) is 47.8. The van der Waals surface area contributed by atoms with Crippen molar-refractivity contribution >= 4 is 24.9 Å². The van der Waals surface area contributed by atoms with Gasteiger partial charge in [0.1, 0.15) is 18.3 Å². The summed E-state index contributed by atoms with van der Waals surface area (Å²) in [4.78, 5) is 43.0. The lowest BCUT2D eigenvalue weighted by Crippen LogP contribution is -2.68. The maximum Gasteiger partial charge on any atom is 0.536 e. The fourth-order valence-corrected chi connectivity index (χ4v) is 10.6. The Labute approximate surface area is 366 Å². The molecule has 9 bridgehead atoms. The molecule has 7 aliphatic heterocycles. The molecule has 0 saturated carbocycles. The van der Waals surface area contributed by atoms with E-state index >= 15 is 4.79 Å². The summed E-state index contributed by atoms with van der Waals surface area (Å²) in [5.74, 6) is -7.04. The normalized spacial score (nSPS) is 46.3. The van der Waals surface area contributed by atoms with Crippen molar-refractivity contribution in [3.05, 3.63) is 12.2 Å². The molecule has 0 aliphatic carbocycles. The largest absolute Gasteiger partial charge is 0.536 e. The lowest BCUT2D eigenvalue weighted by molar-refractivity contribution is -0.419. The fourth-order valence-electron chi connectivity index (χ4n) is 10.6. The van der Waals surface area contributed by atoms with Crippen LogP contribution < -0.4 is 5.73 Å². The van der Waals surface area contributed by atoms with E-state index in [1.165, 1.54) is 0 Å². The van der Waals surface area contributed by atoms with Crippen LogP contribution in [0.15, 0.2) is 12.2 Å². The molecule has 7 rings (SSSR count). The van der Waals surface area contributed by atoms with Crippen LogP contribution in [0.1, 0.15) is 140 Å². The van der Waals surface area contributed by atoms with Gasteiger partial charge in [-0.05, 0) is 71.6 Å². The molecule has 62 heavy (non-hydrogen) atoms. The van der Waals surface area contributed by atoms with Gasteiger partial charge in [-0.15, -0.1) is 0 Å². The zero-order valence-corrected chi connectivity index (χ0v) is 38.6. The highest BCUT2D eigenvalue weighted by Crippen LogP contribution is 2.57. The van der Waals surface area contributed by atoms with E-state index in [4.69, 9.17) is 47.0 Å². The van der Waals surface area contributed by atoms with Gasteiger partial charge in [0.15, 0.2) is 29.8 Å². The summed E-state index contributed by atoms with van der Waals surface area (Å²) in [7, 11) is 0. The van der Waals surface area contributed by atoms with E-state index in [0.29, 0.717) is 64.2 Å². The number of aliphatic hydroxyl groups is 2. The first-order chi connectivity index (χ1) is 29.0. The third-order valence-electron chi connectivity index (χ3n) is 15.6. The van der Waals surface area contributed by atoms with E-state index in [1.807, 2.05) is 74.5 Å². The van der Waals surface area contributed by atoms with Gasteiger partial charge in [0.25, 0.3) is 0 Å². The van der Waals surface area contributed by atoms with Crippen molar-refractivity contribution in [2.45, 2.75) is 225 Å². The molecule has 6 saturated heterocycles. The van der Waals surface area contributed by atoms with E-state index in [1.54, 1.807) is 6.92 Å². The molecule has 2 unspecified atom stereocenters. The molecule has 17 atom stereocenters. The van der Waals surface area contributed by atoms with Crippen molar-refractivity contribution < 1.29 is 77.4 Å². The number of ether oxygens (including phenoxy) is 6. The van der Waals surface area contributed by atoms with Crippen molar-refractivity contribution in [3.8, 4) is 0 Å². The van der Waals surface area contributed by atoms with Crippen LogP contribution in [0, 0.1) is 28.6 Å². The minimum atomic E-state index is -3.52. The molecule has 0 aromatic carbocycles. The third-order valence-corrected chi connectivity index (χ3v) is 15.6. The third kappa shape index (κ3) is 8.78. The van der Waals surface area contributed by atoms with Gasteiger partial charge >= 0.3 is 24.9 Å². The number of quaternary nitrogens is 1. The van der Waals surface area contributed by atoms with Gasteiger partial charge in [-0.2, -0.15) is 0 Å². The van der Waals surface area contributed by atoms with Crippen molar-refractivity contribution in [2.75, 3.05) is 0 Å². The number of esters is 3. The number of allylic oxidation sites excluding steroid dienone is 1. The van der Waals surface area contributed by atoms with Crippen LogP contribution in [-0.2, 0) is 61.4 Å². The maximum atomic E-state index is 15.0. The van der Waals surface area contributed by atoms with Gasteiger partial charge < -0.3 is 63.0 Å². The predicted octanol–water partition coefficient (Wildman–Crippen LogP) is 4.17. The van der Waals surface area contributed by atoms with Crippen LogP contribution in [0.4, 0.5) is 0 Å². The van der Waals surface area contributed by atoms with Crippen LogP contribution in [-0.4, -0.2) is 120 Å². The van der Waals surface area contributed by atoms with Crippen molar-refractivity contribution in [2.24, 2.45) is 28.6 Å². The summed E-state index contributed by atoms with van der Waals surface area (Å²) in [6.07, 6.45) is -0.138. The van der Waals surface area contributed by atoms with E-state index in [-0.39, 0.29) is 18.4 Å². The summed E-state index contributed by atoms with van der Waals surface area (Å²) in [6, 6.07) is -0.652. The highest BCUT2D eigenvalue weighted by Gasteiger charge is 2.73. The topological polar surface area (TPSA) is 212 Å². The minimum Gasteiger partial charge on any atom is -0.504 e. The van der Waals surface area contributed by atoms with Gasteiger partial charge in [0, 0.05) is 41.4 Å². The Bertz CT molecular complexity index is 1680. The highest BCUT2D eigenvalue weighted by atomic mass is 17.0. The van der Waals surface area contributed by atoms with Crippen LogP contribution >= 0.6 is 0 Å². The van der Waals surface area contributed by atoms with Crippen LogP contribution in [0.2, 0.25) is 0 Å². The Morgan fingerprint density at radius 2 is 1.34 bits per heavy atom. The molecule has 6 fully saturated rings. The highest BCUT2D eigenvalue weighted by molar-refractivity contribution is 6.56. The monoisotopic (exact) mass is 880 g/mol. The quantitative estimate of drug-likeness (QED) is 0.157. The number of hydrogen-bond acceptors (Lipinski definition) is 15. The minimum absolute atomic E-state index is 0.0893. The molecule has 0 aromatic rings. The van der Waals surface area contributed by atoms with E-state index in [2.05, 4.69) is 5.73 Å². The molecule has 5 N–H and O–H groups in total. The molecule has 7 aliphatic rings. The van der Waals surface area contributed by atoms with Crippen molar-refractivity contribution in [3.63, 3.8) is 0 Å². The van der Waals surface area contributed by atoms with Gasteiger partial charge in [0.2, 0.25) is 0 Å². The van der Waals surface area contributed by atoms with Gasteiger partial charge in [-0.1, -0.05) is 67.5 Å². The molecule has 352 valence electrons. The summed E-state index contributed by atoms with van der Waals surface area (Å²) in [5, 5.41) is 23.6. The number of cyclic esters (lactones) is 1.